The second-order valence-electron chi connectivity index (χ2n) is 7.13. The number of anilines is 1. The highest BCUT2D eigenvalue weighted by Crippen LogP contribution is 2.36. The summed E-state index contributed by atoms with van der Waals surface area (Å²) in [6.07, 6.45) is 6.71. The van der Waals surface area contributed by atoms with Gasteiger partial charge in [-0.15, -0.1) is 12.4 Å². The summed E-state index contributed by atoms with van der Waals surface area (Å²) < 4.78 is 0. The maximum atomic E-state index is 12.8. The number of carbonyl (C=O) groups excluding carboxylic acids is 1. The number of halogens is 1. The van der Waals surface area contributed by atoms with E-state index in [1.807, 2.05) is 6.07 Å². The minimum atomic E-state index is 0. The molecule has 3 nitrogen and oxygen atoms in total. The third-order valence-electron chi connectivity index (χ3n) is 5.51. The quantitative estimate of drug-likeness (QED) is 0.906. The van der Waals surface area contributed by atoms with Gasteiger partial charge in [-0.05, 0) is 56.6 Å². The van der Waals surface area contributed by atoms with Gasteiger partial charge in [0.15, 0.2) is 0 Å². The summed E-state index contributed by atoms with van der Waals surface area (Å²) in [6.45, 7) is 2.17. The highest BCUT2D eigenvalue weighted by Gasteiger charge is 2.37. The first kappa shape index (κ1) is 15.8. The van der Waals surface area contributed by atoms with Crippen molar-refractivity contribution in [1.29, 1.82) is 0 Å². The summed E-state index contributed by atoms with van der Waals surface area (Å²) in [6, 6.07) is 10.0. The lowest BCUT2D eigenvalue weighted by molar-refractivity contribution is -0.120. The number of rotatable bonds is 2. The highest BCUT2D eigenvalue weighted by atomic mass is 35.5. The Morgan fingerprint density at radius 2 is 1.91 bits per heavy atom. The molecule has 2 bridgehead atoms. The predicted molar refractivity (Wildman–Crippen MR) is 91.6 cm³/mol. The number of nitrogens with one attached hydrogen (secondary N) is 1. The van der Waals surface area contributed by atoms with Crippen LogP contribution in [0.1, 0.15) is 44.6 Å². The van der Waals surface area contributed by atoms with Gasteiger partial charge in [0.1, 0.15) is 0 Å². The van der Waals surface area contributed by atoms with Crippen molar-refractivity contribution in [2.45, 2.75) is 63.6 Å². The summed E-state index contributed by atoms with van der Waals surface area (Å²) in [5.74, 6) is 0.912. The minimum Gasteiger partial charge on any atom is -0.311 e. The average molecular weight is 321 g/mol. The molecule has 3 unspecified atom stereocenters. The normalized spacial score (nSPS) is 32.5. The van der Waals surface area contributed by atoms with Crippen LogP contribution in [0.3, 0.4) is 0 Å². The van der Waals surface area contributed by atoms with E-state index in [2.05, 4.69) is 35.3 Å². The molecule has 120 valence electrons. The fourth-order valence-electron chi connectivity index (χ4n) is 4.63. The lowest BCUT2D eigenvalue weighted by Crippen LogP contribution is -2.41. The highest BCUT2D eigenvalue weighted by molar-refractivity contribution is 5.96. The van der Waals surface area contributed by atoms with Crippen molar-refractivity contribution in [3.63, 3.8) is 0 Å². The van der Waals surface area contributed by atoms with Crippen LogP contribution in [0.25, 0.3) is 0 Å². The fourth-order valence-corrected chi connectivity index (χ4v) is 4.63. The molecule has 22 heavy (non-hydrogen) atoms. The Labute approximate surface area is 138 Å². The van der Waals surface area contributed by atoms with Crippen LogP contribution in [-0.2, 0) is 11.2 Å². The largest absolute Gasteiger partial charge is 0.311 e. The molecule has 3 aliphatic heterocycles. The maximum Gasteiger partial charge on any atom is 0.227 e. The fraction of sp³-hybridized carbons (Fsp3) is 0.611. The molecule has 3 aliphatic rings. The Morgan fingerprint density at radius 3 is 2.64 bits per heavy atom. The van der Waals surface area contributed by atoms with Gasteiger partial charge in [0.2, 0.25) is 5.91 Å². The molecule has 4 heteroatoms. The van der Waals surface area contributed by atoms with Crippen LogP contribution in [0.15, 0.2) is 24.3 Å². The van der Waals surface area contributed by atoms with Gasteiger partial charge in [0, 0.05) is 30.2 Å². The molecule has 1 N–H and O–H groups in total. The van der Waals surface area contributed by atoms with Gasteiger partial charge in [0.05, 0.1) is 0 Å². The number of amides is 1. The molecule has 0 aliphatic carbocycles. The molecular formula is C18H25ClN2O. The first-order valence-electron chi connectivity index (χ1n) is 8.36. The molecule has 2 saturated heterocycles. The molecule has 1 amide bonds. The zero-order chi connectivity index (χ0) is 14.4. The predicted octanol–water partition coefficient (Wildman–Crippen LogP) is 3.31. The zero-order valence-corrected chi connectivity index (χ0v) is 13.9. The van der Waals surface area contributed by atoms with Crippen molar-refractivity contribution in [3.05, 3.63) is 29.8 Å². The SMILES string of the molecule is CC1Cc2ccccc2N1C(=O)CC1CC2CCC(C1)N2.Cl. The first-order valence-corrected chi connectivity index (χ1v) is 8.36. The Morgan fingerprint density at radius 1 is 1.23 bits per heavy atom. The molecule has 3 atom stereocenters. The third-order valence-corrected chi connectivity index (χ3v) is 5.51. The molecule has 0 spiro atoms. The molecular weight excluding hydrogens is 296 g/mol. The van der Waals surface area contributed by atoms with E-state index >= 15 is 0 Å². The van der Waals surface area contributed by atoms with Crippen molar-refractivity contribution < 1.29 is 4.79 Å². The van der Waals surface area contributed by atoms with E-state index in [9.17, 15) is 4.79 Å². The number of nitrogens with zero attached hydrogens (tertiary/aromatic N) is 1. The number of fused-ring (bicyclic) bond motifs is 3. The number of carbonyl (C=O) groups is 1. The van der Waals surface area contributed by atoms with Crippen molar-refractivity contribution in [1.82, 2.24) is 5.32 Å². The Bertz CT molecular complexity index is 550. The maximum absolute atomic E-state index is 12.8. The minimum absolute atomic E-state index is 0. The standard InChI is InChI=1S/C18H24N2O.ClH/c1-12-8-14-4-2-3-5-17(14)20(12)18(21)11-13-9-15-6-7-16(10-13)19-15;/h2-5,12-13,15-16,19H,6-11H2,1H3;1H. The second-order valence-corrected chi connectivity index (χ2v) is 7.13. The van der Waals surface area contributed by atoms with Crippen LogP contribution in [0.4, 0.5) is 5.69 Å². The Kier molecular flexibility index (Phi) is 4.47. The van der Waals surface area contributed by atoms with Crippen molar-refractivity contribution in [2.24, 2.45) is 5.92 Å². The second kappa shape index (κ2) is 6.21. The van der Waals surface area contributed by atoms with Crippen LogP contribution in [0.2, 0.25) is 0 Å². The van der Waals surface area contributed by atoms with Crippen LogP contribution in [0, 0.1) is 5.92 Å². The van der Waals surface area contributed by atoms with Gasteiger partial charge >= 0.3 is 0 Å². The van der Waals surface area contributed by atoms with E-state index in [0.29, 0.717) is 30.0 Å². The molecule has 1 aromatic carbocycles. The van der Waals surface area contributed by atoms with Crippen molar-refractivity contribution in [3.8, 4) is 0 Å². The van der Waals surface area contributed by atoms with Crippen molar-refractivity contribution in [2.75, 3.05) is 4.90 Å². The monoisotopic (exact) mass is 320 g/mol. The lowest BCUT2D eigenvalue weighted by atomic mass is 9.89. The summed E-state index contributed by atoms with van der Waals surface area (Å²) >= 11 is 0. The lowest BCUT2D eigenvalue weighted by Gasteiger charge is -2.31. The molecule has 3 heterocycles. The van der Waals surface area contributed by atoms with Gasteiger partial charge < -0.3 is 10.2 Å². The van der Waals surface area contributed by atoms with Gasteiger partial charge in [0.25, 0.3) is 0 Å². The summed E-state index contributed by atoms with van der Waals surface area (Å²) in [4.78, 5) is 14.9. The number of para-hydroxylation sites is 1. The van der Waals surface area contributed by atoms with Gasteiger partial charge in [-0.25, -0.2) is 0 Å². The average Bonchev–Trinajstić information content (AvgIpc) is 2.97. The molecule has 2 fully saturated rings. The number of hydrogen-bond donors (Lipinski definition) is 1. The van der Waals surface area contributed by atoms with E-state index in [1.165, 1.54) is 31.2 Å². The number of benzene rings is 1. The van der Waals surface area contributed by atoms with Crippen LogP contribution in [0.5, 0.6) is 0 Å². The Hall–Kier alpha value is -1.06. The molecule has 4 rings (SSSR count). The van der Waals surface area contributed by atoms with E-state index in [1.54, 1.807) is 0 Å². The van der Waals surface area contributed by atoms with Crippen LogP contribution >= 0.6 is 12.4 Å². The number of piperidine rings is 1. The molecule has 0 radical (unpaired) electrons. The number of hydrogen-bond acceptors (Lipinski definition) is 2. The van der Waals surface area contributed by atoms with Gasteiger partial charge in [-0.1, -0.05) is 18.2 Å². The van der Waals surface area contributed by atoms with E-state index in [4.69, 9.17) is 0 Å². The summed E-state index contributed by atoms with van der Waals surface area (Å²) in [5, 5.41) is 3.66. The first-order chi connectivity index (χ1) is 10.2. The summed E-state index contributed by atoms with van der Waals surface area (Å²) in [7, 11) is 0. The van der Waals surface area contributed by atoms with Crippen LogP contribution < -0.4 is 10.2 Å². The topological polar surface area (TPSA) is 32.3 Å². The Balaban J connectivity index is 0.00000144. The van der Waals surface area contributed by atoms with E-state index in [0.717, 1.165) is 18.5 Å². The van der Waals surface area contributed by atoms with E-state index in [-0.39, 0.29) is 12.4 Å². The van der Waals surface area contributed by atoms with Crippen LogP contribution in [-0.4, -0.2) is 24.0 Å². The summed E-state index contributed by atoms with van der Waals surface area (Å²) in [5.41, 5.74) is 2.47. The van der Waals surface area contributed by atoms with Crippen molar-refractivity contribution >= 4 is 24.0 Å². The molecule has 0 aromatic heterocycles. The van der Waals surface area contributed by atoms with Gasteiger partial charge in [-0.2, -0.15) is 0 Å². The van der Waals surface area contributed by atoms with Gasteiger partial charge in [-0.3, -0.25) is 4.79 Å². The zero-order valence-electron chi connectivity index (χ0n) is 13.1. The third kappa shape index (κ3) is 2.77. The van der Waals surface area contributed by atoms with E-state index < -0.39 is 0 Å². The molecule has 1 aromatic rings. The molecule has 0 saturated carbocycles. The smallest absolute Gasteiger partial charge is 0.227 e.